The van der Waals surface area contributed by atoms with Crippen molar-refractivity contribution >= 4 is 17.6 Å². The molecule has 0 spiro atoms. The zero-order valence-corrected chi connectivity index (χ0v) is 9.45. The predicted octanol–water partition coefficient (Wildman–Crippen LogP) is 1.07. The van der Waals surface area contributed by atoms with Crippen molar-refractivity contribution in [3.63, 3.8) is 0 Å². The lowest BCUT2D eigenvalue weighted by atomic mass is 10.2. The molecule has 0 saturated heterocycles. The van der Waals surface area contributed by atoms with E-state index >= 15 is 0 Å². The summed E-state index contributed by atoms with van der Waals surface area (Å²) in [5, 5.41) is 13.8. The van der Waals surface area contributed by atoms with E-state index in [1.807, 2.05) is 0 Å². The summed E-state index contributed by atoms with van der Waals surface area (Å²) < 4.78 is 13.3. The van der Waals surface area contributed by atoms with Crippen LogP contribution in [0.1, 0.15) is 17.3 Å². The standard InChI is InChI=1S/C11H13FN2O3/c1-6(13-2)10(15)14-7-3-4-8(11(16)17)9(12)5-7/h3-6,13H,1-2H3,(H,14,15)(H,16,17). The van der Waals surface area contributed by atoms with E-state index in [1.165, 1.54) is 6.07 Å². The average molecular weight is 240 g/mol. The van der Waals surface area contributed by atoms with E-state index in [2.05, 4.69) is 10.6 Å². The molecule has 1 unspecified atom stereocenters. The first-order valence-electron chi connectivity index (χ1n) is 4.96. The van der Waals surface area contributed by atoms with Crippen LogP contribution >= 0.6 is 0 Å². The normalized spacial score (nSPS) is 11.9. The number of nitrogens with one attached hydrogen (secondary N) is 2. The SMILES string of the molecule is CNC(C)C(=O)Nc1ccc(C(=O)O)c(F)c1. The van der Waals surface area contributed by atoms with Crippen molar-refractivity contribution in [3.8, 4) is 0 Å². The highest BCUT2D eigenvalue weighted by atomic mass is 19.1. The van der Waals surface area contributed by atoms with Gasteiger partial charge in [-0.2, -0.15) is 0 Å². The van der Waals surface area contributed by atoms with Gasteiger partial charge in [-0.05, 0) is 32.2 Å². The summed E-state index contributed by atoms with van der Waals surface area (Å²) in [5.41, 5.74) is -0.204. The minimum Gasteiger partial charge on any atom is -0.478 e. The van der Waals surface area contributed by atoms with Crippen LogP contribution in [0.25, 0.3) is 0 Å². The van der Waals surface area contributed by atoms with Crippen LogP contribution in [0.2, 0.25) is 0 Å². The molecule has 1 aromatic carbocycles. The number of anilines is 1. The van der Waals surface area contributed by atoms with E-state index in [9.17, 15) is 14.0 Å². The van der Waals surface area contributed by atoms with E-state index in [0.717, 1.165) is 12.1 Å². The highest BCUT2D eigenvalue weighted by Gasteiger charge is 2.13. The molecule has 5 nitrogen and oxygen atoms in total. The van der Waals surface area contributed by atoms with Gasteiger partial charge in [0.15, 0.2) is 0 Å². The summed E-state index contributed by atoms with van der Waals surface area (Å²) in [7, 11) is 1.62. The summed E-state index contributed by atoms with van der Waals surface area (Å²) in [4.78, 5) is 22.0. The Bertz CT molecular complexity index is 448. The number of rotatable bonds is 4. The molecule has 1 rings (SSSR count). The first kappa shape index (κ1) is 13.1. The largest absolute Gasteiger partial charge is 0.478 e. The van der Waals surface area contributed by atoms with Gasteiger partial charge in [-0.3, -0.25) is 4.79 Å². The molecule has 0 saturated carbocycles. The van der Waals surface area contributed by atoms with Crippen molar-refractivity contribution in [1.82, 2.24) is 5.32 Å². The van der Waals surface area contributed by atoms with Crippen LogP contribution in [0, 0.1) is 5.82 Å². The van der Waals surface area contributed by atoms with Gasteiger partial charge in [0, 0.05) is 5.69 Å². The number of hydrogen-bond acceptors (Lipinski definition) is 3. The van der Waals surface area contributed by atoms with Gasteiger partial charge in [-0.1, -0.05) is 0 Å². The molecule has 0 aliphatic rings. The Morgan fingerprint density at radius 1 is 1.41 bits per heavy atom. The third-order valence-corrected chi connectivity index (χ3v) is 2.29. The summed E-state index contributed by atoms with van der Waals surface area (Å²) >= 11 is 0. The maximum Gasteiger partial charge on any atom is 0.338 e. The number of carbonyl (C=O) groups is 2. The number of likely N-dealkylation sites (N-methyl/N-ethyl adjacent to an activating group) is 1. The van der Waals surface area contributed by atoms with Crippen molar-refractivity contribution < 1.29 is 19.1 Å². The number of amides is 1. The molecule has 0 bridgehead atoms. The maximum atomic E-state index is 13.3. The van der Waals surface area contributed by atoms with Gasteiger partial charge in [-0.25, -0.2) is 9.18 Å². The summed E-state index contributed by atoms with van der Waals surface area (Å²) in [5.74, 6) is -2.55. The minimum absolute atomic E-state index is 0.222. The fraction of sp³-hybridized carbons (Fsp3) is 0.273. The third-order valence-electron chi connectivity index (χ3n) is 2.29. The number of aromatic carboxylic acids is 1. The van der Waals surface area contributed by atoms with Gasteiger partial charge >= 0.3 is 5.97 Å². The fourth-order valence-electron chi connectivity index (χ4n) is 1.15. The van der Waals surface area contributed by atoms with Crippen molar-refractivity contribution in [3.05, 3.63) is 29.6 Å². The predicted molar refractivity (Wildman–Crippen MR) is 60.5 cm³/mol. The summed E-state index contributed by atoms with van der Waals surface area (Å²) in [6.07, 6.45) is 0. The molecule has 1 atom stereocenters. The fourth-order valence-corrected chi connectivity index (χ4v) is 1.15. The van der Waals surface area contributed by atoms with E-state index < -0.39 is 23.4 Å². The molecule has 0 fully saturated rings. The highest BCUT2D eigenvalue weighted by Crippen LogP contribution is 2.14. The van der Waals surface area contributed by atoms with Gasteiger partial charge in [0.05, 0.1) is 11.6 Å². The lowest BCUT2D eigenvalue weighted by Gasteiger charge is -2.11. The second-order valence-electron chi connectivity index (χ2n) is 3.50. The second-order valence-corrected chi connectivity index (χ2v) is 3.50. The van der Waals surface area contributed by atoms with Crippen LogP contribution in [0.15, 0.2) is 18.2 Å². The molecular weight excluding hydrogens is 227 g/mol. The summed E-state index contributed by atoms with van der Waals surface area (Å²) in [6, 6.07) is 3.01. The first-order chi connectivity index (χ1) is 7.95. The molecule has 0 aliphatic carbocycles. The van der Waals surface area contributed by atoms with Gasteiger partial charge < -0.3 is 15.7 Å². The van der Waals surface area contributed by atoms with Gasteiger partial charge in [0.1, 0.15) is 5.82 Å². The van der Waals surface area contributed by atoms with E-state index in [0.29, 0.717) is 0 Å². The molecule has 0 aromatic heterocycles. The number of benzene rings is 1. The molecule has 0 radical (unpaired) electrons. The lowest BCUT2D eigenvalue weighted by molar-refractivity contribution is -0.117. The molecular formula is C11H13FN2O3. The number of halogens is 1. The molecule has 1 aromatic rings. The van der Waals surface area contributed by atoms with Gasteiger partial charge in [0.25, 0.3) is 0 Å². The maximum absolute atomic E-state index is 13.3. The molecule has 6 heteroatoms. The smallest absolute Gasteiger partial charge is 0.338 e. The molecule has 0 aliphatic heterocycles. The van der Waals surface area contributed by atoms with Crippen LogP contribution < -0.4 is 10.6 Å². The Balaban J connectivity index is 2.84. The van der Waals surface area contributed by atoms with Crippen molar-refractivity contribution in [1.29, 1.82) is 0 Å². The minimum atomic E-state index is -1.34. The number of carboxylic acids is 1. The monoisotopic (exact) mass is 240 g/mol. The number of hydrogen-bond donors (Lipinski definition) is 3. The van der Waals surface area contributed by atoms with Crippen LogP contribution in [-0.4, -0.2) is 30.1 Å². The van der Waals surface area contributed by atoms with Crippen LogP contribution in [-0.2, 0) is 4.79 Å². The third kappa shape index (κ3) is 3.25. The van der Waals surface area contributed by atoms with Crippen LogP contribution in [0.4, 0.5) is 10.1 Å². The molecule has 3 N–H and O–H groups in total. The van der Waals surface area contributed by atoms with Crippen molar-refractivity contribution in [2.75, 3.05) is 12.4 Å². The lowest BCUT2D eigenvalue weighted by Crippen LogP contribution is -2.35. The summed E-state index contributed by atoms with van der Waals surface area (Å²) in [6.45, 7) is 1.65. The molecule has 17 heavy (non-hydrogen) atoms. The van der Waals surface area contributed by atoms with E-state index in [4.69, 9.17) is 5.11 Å². The van der Waals surface area contributed by atoms with Gasteiger partial charge in [-0.15, -0.1) is 0 Å². The Labute approximate surface area is 97.6 Å². The number of carboxylic acid groups (broad SMARTS) is 1. The van der Waals surface area contributed by atoms with Crippen molar-refractivity contribution in [2.45, 2.75) is 13.0 Å². The second kappa shape index (κ2) is 5.40. The molecule has 1 amide bonds. The zero-order valence-electron chi connectivity index (χ0n) is 9.45. The van der Waals surface area contributed by atoms with Gasteiger partial charge in [0.2, 0.25) is 5.91 Å². The highest BCUT2D eigenvalue weighted by molar-refractivity contribution is 5.95. The average Bonchev–Trinajstić information content (AvgIpc) is 2.27. The number of carbonyl (C=O) groups excluding carboxylic acids is 1. The first-order valence-corrected chi connectivity index (χ1v) is 4.96. The Morgan fingerprint density at radius 3 is 2.53 bits per heavy atom. The van der Waals surface area contributed by atoms with Crippen molar-refractivity contribution in [2.24, 2.45) is 0 Å². The van der Waals surface area contributed by atoms with Crippen LogP contribution in [0.3, 0.4) is 0 Å². The van der Waals surface area contributed by atoms with E-state index in [-0.39, 0.29) is 11.6 Å². The Hall–Kier alpha value is -1.95. The van der Waals surface area contributed by atoms with E-state index in [1.54, 1.807) is 14.0 Å². The Kier molecular flexibility index (Phi) is 4.17. The quantitative estimate of drug-likeness (QED) is 0.735. The topological polar surface area (TPSA) is 78.4 Å². The Morgan fingerprint density at radius 2 is 2.06 bits per heavy atom. The molecule has 92 valence electrons. The zero-order chi connectivity index (χ0) is 13.0. The molecule has 0 heterocycles. The van der Waals surface area contributed by atoms with Crippen LogP contribution in [0.5, 0.6) is 0 Å².